The maximum absolute atomic E-state index is 11.7. The number of benzene rings is 2. The van der Waals surface area contributed by atoms with Crippen LogP contribution in [-0.4, -0.2) is 33.9 Å². The van der Waals surface area contributed by atoms with Crippen molar-refractivity contribution in [2.24, 2.45) is 4.99 Å². The van der Waals surface area contributed by atoms with Crippen LogP contribution >= 0.6 is 11.8 Å². The first-order chi connectivity index (χ1) is 14.5. The number of hydrogen-bond acceptors (Lipinski definition) is 6. The average molecular weight is 425 g/mol. The van der Waals surface area contributed by atoms with Crippen LogP contribution in [0.2, 0.25) is 0 Å². The van der Waals surface area contributed by atoms with Crippen LogP contribution in [0.4, 0.5) is 4.79 Å². The lowest BCUT2D eigenvalue weighted by atomic mass is 9.87. The minimum atomic E-state index is -0.617. The molecule has 7 heteroatoms. The van der Waals surface area contributed by atoms with Gasteiger partial charge in [0.2, 0.25) is 5.91 Å². The Morgan fingerprint density at radius 2 is 1.93 bits per heavy atom. The molecule has 1 fully saturated rings. The highest BCUT2D eigenvalue weighted by molar-refractivity contribution is 8.15. The number of aliphatic hydroxyl groups is 1. The van der Waals surface area contributed by atoms with Gasteiger partial charge in [0.05, 0.1) is 17.1 Å². The van der Waals surface area contributed by atoms with E-state index in [4.69, 9.17) is 4.74 Å². The van der Waals surface area contributed by atoms with Gasteiger partial charge in [0.15, 0.2) is 0 Å². The molecule has 2 unspecified atom stereocenters. The van der Waals surface area contributed by atoms with Crippen molar-refractivity contribution in [1.82, 2.24) is 5.32 Å². The fourth-order valence-corrected chi connectivity index (χ4v) is 4.71. The largest absolute Gasteiger partial charge is 0.388 e. The Morgan fingerprint density at radius 1 is 1.20 bits per heavy atom. The molecule has 0 aliphatic carbocycles. The van der Waals surface area contributed by atoms with E-state index in [0.717, 1.165) is 34.2 Å². The van der Waals surface area contributed by atoms with Gasteiger partial charge in [-0.15, -0.1) is 0 Å². The quantitative estimate of drug-likeness (QED) is 0.707. The summed E-state index contributed by atoms with van der Waals surface area (Å²) in [5.41, 5.74) is 3.23. The number of aliphatic hydroxyl groups excluding tert-OH is 1. The molecule has 0 radical (unpaired) electrons. The Hall–Kier alpha value is -2.48. The van der Waals surface area contributed by atoms with Gasteiger partial charge in [-0.25, -0.2) is 0 Å². The van der Waals surface area contributed by atoms with Crippen LogP contribution < -0.4 is 5.32 Å². The third-order valence-corrected chi connectivity index (χ3v) is 6.67. The van der Waals surface area contributed by atoms with E-state index in [9.17, 15) is 14.7 Å². The monoisotopic (exact) mass is 424 g/mol. The molecule has 1 saturated heterocycles. The molecular weight excluding hydrogens is 400 g/mol. The number of carbonyl (C=O) groups is 2. The molecule has 0 aromatic heterocycles. The third-order valence-electron chi connectivity index (χ3n) is 5.69. The standard InChI is InChI=1S/C23H24N2O4S/c1-23(17-5-3-2-4-6-17)20(24-14-29-23)12-11-18(26)16-9-7-15(8-10-16)13-19-21(27)25-22(28)30-19/h2-10,18-19,26H,11-14H2,1H3,(H,25,27,28)/t18?,19-,23?/m0/s1. The van der Waals surface area contributed by atoms with Crippen molar-refractivity contribution in [2.75, 3.05) is 6.73 Å². The van der Waals surface area contributed by atoms with Crippen molar-refractivity contribution >= 4 is 28.6 Å². The summed E-state index contributed by atoms with van der Waals surface area (Å²) in [5, 5.41) is 12.3. The van der Waals surface area contributed by atoms with Crippen LogP contribution in [-0.2, 0) is 21.6 Å². The molecule has 30 heavy (non-hydrogen) atoms. The average Bonchev–Trinajstić information content (AvgIpc) is 3.29. The van der Waals surface area contributed by atoms with Crippen molar-refractivity contribution in [3.05, 3.63) is 71.3 Å². The molecule has 156 valence electrons. The number of ether oxygens (including phenoxy) is 1. The minimum Gasteiger partial charge on any atom is -0.388 e. The molecule has 2 amide bonds. The van der Waals surface area contributed by atoms with E-state index in [1.807, 2.05) is 61.5 Å². The van der Waals surface area contributed by atoms with Crippen molar-refractivity contribution in [1.29, 1.82) is 0 Å². The van der Waals surface area contributed by atoms with Gasteiger partial charge in [-0.1, -0.05) is 66.4 Å². The van der Waals surface area contributed by atoms with E-state index >= 15 is 0 Å². The number of imide groups is 1. The van der Waals surface area contributed by atoms with E-state index in [1.165, 1.54) is 0 Å². The van der Waals surface area contributed by atoms with E-state index in [-0.39, 0.29) is 16.4 Å². The Balaban J connectivity index is 1.35. The second-order valence-corrected chi connectivity index (χ2v) is 8.84. The molecule has 0 bridgehead atoms. The number of rotatable bonds is 7. The van der Waals surface area contributed by atoms with Gasteiger partial charge in [0, 0.05) is 0 Å². The molecule has 2 aliphatic rings. The van der Waals surface area contributed by atoms with Gasteiger partial charge >= 0.3 is 0 Å². The van der Waals surface area contributed by atoms with Crippen LogP contribution in [0.1, 0.15) is 42.6 Å². The molecule has 3 atom stereocenters. The highest BCUT2D eigenvalue weighted by Crippen LogP contribution is 2.34. The summed E-state index contributed by atoms with van der Waals surface area (Å²) in [6.45, 7) is 2.36. The first kappa shape index (κ1) is 20.8. The molecular formula is C23H24N2O4S. The summed E-state index contributed by atoms with van der Waals surface area (Å²) in [6.07, 6.45) is 1.05. The highest BCUT2D eigenvalue weighted by Gasteiger charge is 2.37. The second-order valence-electron chi connectivity index (χ2n) is 7.66. The highest BCUT2D eigenvalue weighted by atomic mass is 32.2. The molecule has 4 rings (SSSR count). The predicted octanol–water partition coefficient (Wildman–Crippen LogP) is 3.74. The Labute approximate surface area is 179 Å². The van der Waals surface area contributed by atoms with Gasteiger partial charge in [-0.2, -0.15) is 0 Å². The Bertz CT molecular complexity index is 961. The van der Waals surface area contributed by atoms with E-state index in [2.05, 4.69) is 10.3 Å². The summed E-state index contributed by atoms with van der Waals surface area (Å²) in [7, 11) is 0. The molecule has 2 aromatic carbocycles. The van der Waals surface area contributed by atoms with Crippen LogP contribution in [0.25, 0.3) is 0 Å². The lowest BCUT2D eigenvalue weighted by Crippen LogP contribution is -2.31. The molecule has 0 spiro atoms. The number of aliphatic imine (C=N–C) groups is 1. The summed E-state index contributed by atoms with van der Waals surface area (Å²) in [6, 6.07) is 17.6. The number of carbonyl (C=O) groups excluding carboxylic acids is 2. The van der Waals surface area contributed by atoms with E-state index in [0.29, 0.717) is 26.0 Å². The van der Waals surface area contributed by atoms with Gasteiger partial charge in [-0.3, -0.25) is 19.9 Å². The van der Waals surface area contributed by atoms with Crippen molar-refractivity contribution in [2.45, 2.75) is 43.1 Å². The normalized spacial score (nSPS) is 24.6. The van der Waals surface area contributed by atoms with Crippen molar-refractivity contribution < 1.29 is 19.4 Å². The number of amides is 2. The molecule has 0 saturated carbocycles. The van der Waals surface area contributed by atoms with E-state index in [1.54, 1.807) is 0 Å². The zero-order valence-corrected chi connectivity index (χ0v) is 17.5. The summed E-state index contributed by atoms with van der Waals surface area (Å²) < 4.78 is 5.93. The van der Waals surface area contributed by atoms with Crippen LogP contribution in [0.3, 0.4) is 0 Å². The first-order valence-corrected chi connectivity index (χ1v) is 10.9. The Kier molecular flexibility index (Phi) is 6.04. The molecule has 2 aliphatic heterocycles. The van der Waals surface area contributed by atoms with Crippen LogP contribution in [0.5, 0.6) is 0 Å². The Morgan fingerprint density at radius 3 is 2.60 bits per heavy atom. The minimum absolute atomic E-state index is 0.241. The number of thioether (sulfide) groups is 1. The summed E-state index contributed by atoms with van der Waals surface area (Å²) in [4.78, 5) is 27.5. The molecule has 2 heterocycles. The fourth-order valence-electron chi connectivity index (χ4n) is 3.85. The third kappa shape index (κ3) is 4.33. The van der Waals surface area contributed by atoms with Crippen LogP contribution in [0.15, 0.2) is 59.6 Å². The SMILES string of the molecule is CC1(c2ccccc2)OCN=C1CCC(O)c1ccc(C[C@@H]2SC(=O)NC2=O)cc1. The van der Waals surface area contributed by atoms with Gasteiger partial charge in [0.25, 0.3) is 5.24 Å². The lowest BCUT2D eigenvalue weighted by Gasteiger charge is -2.26. The topological polar surface area (TPSA) is 88.0 Å². The van der Waals surface area contributed by atoms with Crippen LogP contribution in [0, 0.1) is 0 Å². The maximum Gasteiger partial charge on any atom is 0.286 e. The van der Waals surface area contributed by atoms with Crippen molar-refractivity contribution in [3.63, 3.8) is 0 Å². The smallest absolute Gasteiger partial charge is 0.286 e. The number of nitrogens with one attached hydrogen (secondary N) is 1. The van der Waals surface area contributed by atoms with Gasteiger partial charge in [0.1, 0.15) is 12.3 Å². The molecule has 2 N–H and O–H groups in total. The molecule has 2 aromatic rings. The first-order valence-electron chi connectivity index (χ1n) is 9.97. The lowest BCUT2D eigenvalue weighted by molar-refractivity contribution is -0.118. The van der Waals surface area contributed by atoms with E-state index < -0.39 is 11.7 Å². The zero-order chi connectivity index (χ0) is 21.1. The maximum atomic E-state index is 11.7. The van der Waals surface area contributed by atoms with Crippen molar-refractivity contribution in [3.8, 4) is 0 Å². The number of hydrogen-bond donors (Lipinski definition) is 2. The predicted molar refractivity (Wildman–Crippen MR) is 116 cm³/mol. The second kappa shape index (κ2) is 8.71. The fraction of sp³-hybridized carbons (Fsp3) is 0.348. The van der Waals surface area contributed by atoms with Gasteiger partial charge in [-0.05, 0) is 42.9 Å². The summed E-state index contributed by atoms with van der Waals surface area (Å²) in [5.74, 6) is -0.241. The zero-order valence-electron chi connectivity index (χ0n) is 16.7. The molecule has 6 nitrogen and oxygen atoms in total. The summed E-state index contributed by atoms with van der Waals surface area (Å²) >= 11 is 1.03. The number of nitrogens with zero attached hydrogens (tertiary/aromatic N) is 1. The van der Waals surface area contributed by atoms with Gasteiger partial charge < -0.3 is 9.84 Å².